The van der Waals surface area contributed by atoms with Crippen molar-refractivity contribution < 1.29 is 37.3 Å². The molecule has 6 rings (SSSR count). The van der Waals surface area contributed by atoms with E-state index in [9.17, 15) is 23.1 Å². The van der Waals surface area contributed by atoms with Crippen LogP contribution in [0.2, 0.25) is 0 Å². The number of fused-ring (bicyclic) bond motifs is 2. The molecule has 0 amide bonds. The molecule has 8 nitrogen and oxygen atoms in total. The van der Waals surface area contributed by atoms with Crippen molar-refractivity contribution in [1.29, 1.82) is 0 Å². The van der Waals surface area contributed by atoms with E-state index in [1.807, 2.05) is 17.1 Å². The Balaban J connectivity index is 1.11. The summed E-state index contributed by atoms with van der Waals surface area (Å²) in [7, 11) is 0. The summed E-state index contributed by atoms with van der Waals surface area (Å²) in [4.78, 5) is 14.8. The largest absolute Gasteiger partial charge is 0.460 e. The second kappa shape index (κ2) is 10.1. The summed E-state index contributed by atoms with van der Waals surface area (Å²) in [6.45, 7) is 4.85. The number of esters is 1. The van der Waals surface area contributed by atoms with Gasteiger partial charge in [-0.2, -0.15) is 18.3 Å². The van der Waals surface area contributed by atoms with Crippen LogP contribution in [0.3, 0.4) is 0 Å². The maximum absolute atomic E-state index is 13.7. The van der Waals surface area contributed by atoms with E-state index in [1.54, 1.807) is 0 Å². The van der Waals surface area contributed by atoms with Gasteiger partial charge in [-0.25, -0.2) is 0 Å². The number of aliphatic hydroxyl groups excluding tert-OH is 1. The number of rotatable bonds is 5. The molecule has 0 saturated carbocycles. The molecule has 4 aliphatic heterocycles. The SMILES string of the molecule is C[C@H]1C[C@@]2(CCN1Cc1cnn(CC3CC4(CCOCC4)C(=O)O3)c1)OCCc1c2sc(C(F)(F)F)c1CO. The summed E-state index contributed by atoms with van der Waals surface area (Å²) in [5.74, 6) is -0.119. The molecule has 2 spiro atoms. The second-order valence-corrected chi connectivity index (χ2v) is 12.5. The molecule has 39 heavy (non-hydrogen) atoms. The summed E-state index contributed by atoms with van der Waals surface area (Å²) in [6.07, 6.45) is 2.78. The van der Waals surface area contributed by atoms with Crippen molar-refractivity contribution in [3.05, 3.63) is 38.8 Å². The van der Waals surface area contributed by atoms with E-state index in [0.717, 1.165) is 16.9 Å². The van der Waals surface area contributed by atoms with Crippen LogP contribution in [0.1, 0.15) is 65.5 Å². The lowest BCUT2D eigenvalue weighted by Crippen LogP contribution is -2.50. The number of carbonyl (C=O) groups excluding carboxylic acids is 1. The normalized spacial score (nSPS) is 29.2. The van der Waals surface area contributed by atoms with Crippen molar-refractivity contribution in [1.82, 2.24) is 14.7 Å². The van der Waals surface area contributed by atoms with Crippen molar-refractivity contribution >= 4 is 17.3 Å². The Bertz CT molecular complexity index is 1220. The Morgan fingerprint density at radius 3 is 2.72 bits per heavy atom. The maximum atomic E-state index is 13.7. The molecule has 2 aromatic rings. The number of carbonyl (C=O) groups is 1. The fourth-order valence-corrected chi connectivity index (χ4v) is 8.32. The highest BCUT2D eigenvalue weighted by molar-refractivity contribution is 7.12. The minimum atomic E-state index is -4.49. The number of piperidine rings is 1. The van der Waals surface area contributed by atoms with Crippen molar-refractivity contribution in [3.63, 3.8) is 0 Å². The van der Waals surface area contributed by atoms with Crippen LogP contribution >= 0.6 is 11.3 Å². The summed E-state index contributed by atoms with van der Waals surface area (Å²) < 4.78 is 60.3. The lowest BCUT2D eigenvalue weighted by molar-refractivity contribution is -0.152. The van der Waals surface area contributed by atoms with Crippen LogP contribution in [0.15, 0.2) is 12.4 Å². The number of thiophene rings is 1. The predicted octanol–water partition coefficient (Wildman–Crippen LogP) is 4.02. The molecular weight excluding hydrogens is 535 g/mol. The van der Waals surface area contributed by atoms with E-state index in [1.165, 1.54) is 0 Å². The first kappa shape index (κ1) is 27.2. The highest BCUT2D eigenvalue weighted by atomic mass is 32.1. The molecule has 3 saturated heterocycles. The number of aliphatic hydroxyl groups is 1. The molecule has 3 fully saturated rings. The van der Waals surface area contributed by atoms with Crippen LogP contribution in [0.25, 0.3) is 0 Å². The molecule has 2 aromatic heterocycles. The highest BCUT2D eigenvalue weighted by Gasteiger charge is 2.50. The van der Waals surface area contributed by atoms with Gasteiger partial charge in [-0.05, 0) is 44.6 Å². The summed E-state index contributed by atoms with van der Waals surface area (Å²) in [5, 5.41) is 14.3. The zero-order valence-electron chi connectivity index (χ0n) is 22.0. The lowest BCUT2D eigenvalue weighted by atomic mass is 9.78. The minimum absolute atomic E-state index is 0.0170. The average Bonchev–Trinajstić information content (AvgIpc) is 3.58. The minimum Gasteiger partial charge on any atom is -0.460 e. The van der Waals surface area contributed by atoms with E-state index in [0.29, 0.717) is 88.4 Å². The third-order valence-electron chi connectivity index (χ3n) is 8.97. The molecule has 4 aliphatic rings. The van der Waals surface area contributed by atoms with Crippen molar-refractivity contribution in [2.45, 2.75) is 89.1 Å². The third-order valence-corrected chi connectivity index (χ3v) is 10.5. The van der Waals surface area contributed by atoms with E-state index < -0.39 is 28.7 Å². The number of alkyl halides is 3. The Hall–Kier alpha value is -1.99. The fraction of sp³-hybridized carbons (Fsp3) is 0.704. The zero-order chi connectivity index (χ0) is 27.4. The number of cyclic esters (lactones) is 1. The van der Waals surface area contributed by atoms with Crippen LogP contribution in [0.4, 0.5) is 13.2 Å². The Labute approximate surface area is 229 Å². The van der Waals surface area contributed by atoms with Crippen molar-refractivity contribution in [2.24, 2.45) is 5.41 Å². The average molecular weight is 570 g/mol. The van der Waals surface area contributed by atoms with Crippen LogP contribution < -0.4 is 0 Å². The van der Waals surface area contributed by atoms with Crippen LogP contribution in [0, 0.1) is 5.41 Å². The molecule has 12 heteroatoms. The topological polar surface area (TPSA) is 86.1 Å². The van der Waals surface area contributed by atoms with Gasteiger partial charge in [-0.3, -0.25) is 14.4 Å². The first-order valence-corrected chi connectivity index (χ1v) is 14.5. The van der Waals surface area contributed by atoms with Crippen LogP contribution in [-0.4, -0.2) is 64.3 Å². The Morgan fingerprint density at radius 2 is 2.00 bits per heavy atom. The summed E-state index contributed by atoms with van der Waals surface area (Å²) in [6, 6.07) is 0.0752. The van der Waals surface area contributed by atoms with E-state index in [-0.39, 0.29) is 23.7 Å². The smallest absolute Gasteiger partial charge is 0.425 e. The number of hydrogen-bond donors (Lipinski definition) is 1. The van der Waals surface area contributed by atoms with Gasteiger partial charge in [-0.1, -0.05) is 0 Å². The molecule has 1 unspecified atom stereocenters. The standard InChI is InChI=1S/C27H34F3N3O5S/c1-17-10-26(22-20(2-7-37-26)21(16-34)23(39-22)27(28,29)30)3-6-32(17)13-18-12-31-33(14-18)15-19-11-25(24(35)38-19)4-8-36-9-5-25/h12,14,17,19,34H,2-11,13,15-16H2,1H3/t17-,19?,26+/m0/s1. The van der Waals surface area contributed by atoms with Gasteiger partial charge in [0.05, 0.1) is 31.4 Å². The lowest BCUT2D eigenvalue weighted by Gasteiger charge is -2.47. The fourth-order valence-electron chi connectivity index (χ4n) is 6.91. The predicted molar refractivity (Wildman–Crippen MR) is 135 cm³/mol. The molecular formula is C27H34F3N3O5S. The molecule has 1 N–H and O–H groups in total. The van der Waals surface area contributed by atoms with E-state index in [2.05, 4.69) is 16.9 Å². The molecule has 0 aliphatic carbocycles. The first-order valence-electron chi connectivity index (χ1n) is 13.6. The highest BCUT2D eigenvalue weighted by Crippen LogP contribution is 2.51. The molecule has 214 valence electrons. The van der Waals surface area contributed by atoms with E-state index >= 15 is 0 Å². The maximum Gasteiger partial charge on any atom is 0.425 e. The summed E-state index contributed by atoms with van der Waals surface area (Å²) >= 11 is 0.748. The zero-order valence-corrected chi connectivity index (χ0v) is 22.8. The summed E-state index contributed by atoms with van der Waals surface area (Å²) in [5.41, 5.74) is 0.506. The molecule has 0 aromatic carbocycles. The molecule has 3 atom stereocenters. The molecule has 0 bridgehead atoms. The quantitative estimate of drug-likeness (QED) is 0.545. The number of likely N-dealkylation sites (tertiary alicyclic amines) is 1. The van der Waals surface area contributed by atoms with Gasteiger partial charge in [0.25, 0.3) is 0 Å². The number of hydrogen-bond acceptors (Lipinski definition) is 8. The van der Waals surface area contributed by atoms with Gasteiger partial charge in [0.2, 0.25) is 0 Å². The van der Waals surface area contributed by atoms with E-state index in [4.69, 9.17) is 14.2 Å². The Morgan fingerprint density at radius 1 is 1.21 bits per heavy atom. The molecule has 6 heterocycles. The first-order chi connectivity index (χ1) is 18.6. The van der Waals surface area contributed by atoms with Gasteiger partial charge >= 0.3 is 12.1 Å². The van der Waals surface area contributed by atoms with Gasteiger partial charge in [0.15, 0.2) is 0 Å². The Kier molecular flexibility index (Phi) is 7.06. The van der Waals surface area contributed by atoms with Gasteiger partial charge in [0, 0.05) is 61.0 Å². The second-order valence-electron chi connectivity index (χ2n) is 11.4. The van der Waals surface area contributed by atoms with Crippen LogP contribution in [0.5, 0.6) is 0 Å². The van der Waals surface area contributed by atoms with Gasteiger partial charge < -0.3 is 19.3 Å². The van der Waals surface area contributed by atoms with Gasteiger partial charge in [0.1, 0.15) is 16.6 Å². The van der Waals surface area contributed by atoms with Crippen LogP contribution in [-0.2, 0) is 56.9 Å². The molecule has 0 radical (unpaired) electrons. The number of nitrogens with zero attached hydrogens (tertiary/aromatic N) is 3. The number of aromatic nitrogens is 2. The number of ether oxygens (including phenoxy) is 3. The number of halogens is 3. The van der Waals surface area contributed by atoms with Crippen molar-refractivity contribution in [3.8, 4) is 0 Å². The third kappa shape index (κ3) is 4.92. The monoisotopic (exact) mass is 569 g/mol. The van der Waals surface area contributed by atoms with Crippen molar-refractivity contribution in [2.75, 3.05) is 26.4 Å². The van der Waals surface area contributed by atoms with Gasteiger partial charge in [-0.15, -0.1) is 11.3 Å².